The lowest BCUT2D eigenvalue weighted by Gasteiger charge is -2.07. The van der Waals surface area contributed by atoms with Crippen molar-refractivity contribution >= 4 is 22.9 Å². The van der Waals surface area contributed by atoms with Crippen LogP contribution in [0.5, 0.6) is 0 Å². The molecule has 3 N–H and O–H groups in total. The van der Waals surface area contributed by atoms with Crippen LogP contribution in [0.15, 0.2) is 30.6 Å². The van der Waals surface area contributed by atoms with Crippen molar-refractivity contribution in [2.75, 3.05) is 24.8 Å². The van der Waals surface area contributed by atoms with Crippen molar-refractivity contribution in [2.24, 2.45) is 0 Å². The number of hydrogen-bond donors (Lipinski definition) is 2. The Balaban J connectivity index is 1.94. The lowest BCUT2D eigenvalue weighted by molar-refractivity contribution is 0.489. The topological polar surface area (TPSA) is 98.4 Å². The van der Waals surface area contributed by atoms with Crippen LogP contribution in [0.2, 0.25) is 0 Å². The third-order valence-electron chi connectivity index (χ3n) is 3.82. The fourth-order valence-corrected chi connectivity index (χ4v) is 2.75. The summed E-state index contributed by atoms with van der Waals surface area (Å²) in [6.07, 6.45) is 3.72. The van der Waals surface area contributed by atoms with Gasteiger partial charge in [-0.25, -0.2) is 14.0 Å². The second-order valence-corrected chi connectivity index (χ2v) is 5.27. The number of aromatic nitrogens is 6. The second kappa shape index (κ2) is 5.44. The Kier molecular flexibility index (Phi) is 3.26. The zero-order chi connectivity index (χ0) is 16.7. The van der Waals surface area contributed by atoms with Crippen molar-refractivity contribution in [2.45, 2.75) is 6.42 Å². The molecule has 0 aromatic carbocycles. The van der Waals surface area contributed by atoms with Gasteiger partial charge in [-0.3, -0.25) is 4.39 Å². The Labute approximate surface area is 136 Å². The van der Waals surface area contributed by atoms with E-state index in [0.717, 1.165) is 16.8 Å². The molecular formula is C15H15FN8. The summed E-state index contributed by atoms with van der Waals surface area (Å²) >= 11 is 0. The molecule has 8 nitrogen and oxygen atoms in total. The number of nitrogen functional groups attached to an aromatic ring is 1. The molecular weight excluding hydrogens is 311 g/mol. The number of hydrogen-bond acceptors (Lipinski definition) is 6. The smallest absolute Gasteiger partial charge is 0.240 e. The first-order chi connectivity index (χ1) is 11.7. The molecule has 0 aliphatic carbocycles. The van der Waals surface area contributed by atoms with E-state index in [1.165, 1.54) is 0 Å². The van der Waals surface area contributed by atoms with E-state index in [2.05, 4.69) is 25.5 Å². The zero-order valence-corrected chi connectivity index (χ0v) is 12.9. The Morgan fingerprint density at radius 2 is 2.12 bits per heavy atom. The van der Waals surface area contributed by atoms with Crippen molar-refractivity contribution in [3.05, 3.63) is 36.3 Å². The molecule has 4 heterocycles. The maximum Gasteiger partial charge on any atom is 0.240 e. The number of nitrogens with zero attached hydrogens (tertiary/aromatic N) is 6. The molecule has 9 heteroatoms. The maximum absolute atomic E-state index is 12.7. The molecule has 0 unspecified atom stereocenters. The van der Waals surface area contributed by atoms with E-state index in [1.807, 2.05) is 18.2 Å². The molecule has 0 amide bonds. The van der Waals surface area contributed by atoms with E-state index < -0.39 is 6.67 Å². The molecule has 4 aromatic heterocycles. The van der Waals surface area contributed by atoms with Crippen molar-refractivity contribution in [3.8, 4) is 11.3 Å². The maximum atomic E-state index is 12.7. The van der Waals surface area contributed by atoms with E-state index >= 15 is 0 Å². The van der Waals surface area contributed by atoms with Crippen molar-refractivity contribution in [1.82, 2.24) is 29.2 Å². The highest BCUT2D eigenvalue weighted by Gasteiger charge is 2.15. The van der Waals surface area contributed by atoms with Crippen LogP contribution in [0.25, 0.3) is 22.4 Å². The third-order valence-corrected chi connectivity index (χ3v) is 3.82. The van der Waals surface area contributed by atoms with Crippen LogP contribution in [0.1, 0.15) is 5.69 Å². The summed E-state index contributed by atoms with van der Waals surface area (Å²) in [6, 6.07) is 5.61. The number of imidazole rings is 1. The molecule has 0 radical (unpaired) electrons. The number of aryl methyl sites for hydroxylation is 1. The fourth-order valence-electron chi connectivity index (χ4n) is 2.75. The zero-order valence-electron chi connectivity index (χ0n) is 12.9. The lowest BCUT2D eigenvalue weighted by atomic mass is 10.2. The standard InChI is InChI=1S/C15H15FN8/c1-18-14-13-10(5-7-23(13)22-15(17)20-14)11-2-3-12-19-8-9(4-6-16)24(12)21-11/h2-3,5,7-8H,4,6H2,1H3,(H3,17,18,20,22). The molecule has 0 saturated carbocycles. The summed E-state index contributed by atoms with van der Waals surface area (Å²) in [5.74, 6) is 0.788. The molecule has 122 valence electrons. The molecule has 0 aliphatic rings. The normalized spacial score (nSPS) is 11.4. The second-order valence-electron chi connectivity index (χ2n) is 5.27. The van der Waals surface area contributed by atoms with Gasteiger partial charge in [0.15, 0.2) is 11.5 Å². The molecule has 4 rings (SSSR count). The molecule has 4 aromatic rings. The van der Waals surface area contributed by atoms with Gasteiger partial charge in [0.05, 0.1) is 24.3 Å². The number of nitrogens with two attached hydrogens (primary N) is 1. The minimum absolute atomic E-state index is 0.178. The highest BCUT2D eigenvalue weighted by Crippen LogP contribution is 2.28. The number of anilines is 2. The van der Waals surface area contributed by atoms with Gasteiger partial charge in [-0.2, -0.15) is 10.1 Å². The van der Waals surface area contributed by atoms with Gasteiger partial charge in [0, 0.05) is 25.2 Å². The summed E-state index contributed by atoms with van der Waals surface area (Å²) in [4.78, 5) is 8.46. The van der Waals surface area contributed by atoms with E-state index in [9.17, 15) is 4.39 Å². The minimum Gasteiger partial charge on any atom is -0.371 e. The van der Waals surface area contributed by atoms with Crippen molar-refractivity contribution in [3.63, 3.8) is 0 Å². The SMILES string of the molecule is CNc1nc(N)nn2ccc(-c3ccc4ncc(CCF)n4n3)c12. The molecule has 24 heavy (non-hydrogen) atoms. The minimum atomic E-state index is -0.452. The Bertz CT molecular complexity index is 1030. The molecule has 0 spiro atoms. The van der Waals surface area contributed by atoms with E-state index in [0.29, 0.717) is 17.2 Å². The molecule has 0 saturated heterocycles. The summed E-state index contributed by atoms with van der Waals surface area (Å²) < 4.78 is 16.0. The van der Waals surface area contributed by atoms with E-state index in [-0.39, 0.29) is 12.4 Å². The van der Waals surface area contributed by atoms with Crippen LogP contribution < -0.4 is 11.1 Å². The lowest BCUT2D eigenvalue weighted by Crippen LogP contribution is -2.06. The Morgan fingerprint density at radius 3 is 2.92 bits per heavy atom. The van der Waals surface area contributed by atoms with Gasteiger partial charge >= 0.3 is 0 Å². The van der Waals surface area contributed by atoms with Crippen LogP contribution in [0, 0.1) is 0 Å². The molecule has 0 atom stereocenters. The average molecular weight is 326 g/mol. The summed E-state index contributed by atoms with van der Waals surface area (Å²) in [7, 11) is 1.77. The fraction of sp³-hybridized carbons (Fsp3) is 0.200. The van der Waals surface area contributed by atoms with E-state index in [1.54, 1.807) is 28.5 Å². The van der Waals surface area contributed by atoms with Crippen LogP contribution in [0.4, 0.5) is 16.2 Å². The predicted molar refractivity (Wildman–Crippen MR) is 88.6 cm³/mol. The van der Waals surface area contributed by atoms with Gasteiger partial charge in [0.25, 0.3) is 0 Å². The highest BCUT2D eigenvalue weighted by molar-refractivity contribution is 5.87. The highest BCUT2D eigenvalue weighted by atomic mass is 19.1. The monoisotopic (exact) mass is 326 g/mol. The molecule has 0 bridgehead atoms. The molecule has 0 fully saturated rings. The number of fused-ring (bicyclic) bond motifs is 2. The average Bonchev–Trinajstić information content (AvgIpc) is 3.18. The number of halogens is 1. The molecule has 0 aliphatic heterocycles. The third kappa shape index (κ3) is 2.13. The van der Waals surface area contributed by atoms with Crippen molar-refractivity contribution in [1.29, 1.82) is 0 Å². The first kappa shape index (κ1) is 14.4. The first-order valence-electron chi connectivity index (χ1n) is 7.44. The van der Waals surface area contributed by atoms with Gasteiger partial charge in [-0.15, -0.1) is 5.10 Å². The van der Waals surface area contributed by atoms with Gasteiger partial charge < -0.3 is 11.1 Å². The van der Waals surface area contributed by atoms with Gasteiger partial charge in [-0.05, 0) is 18.2 Å². The summed E-state index contributed by atoms with van der Waals surface area (Å²) in [5.41, 5.74) is 9.46. The van der Waals surface area contributed by atoms with Crippen molar-refractivity contribution < 1.29 is 4.39 Å². The van der Waals surface area contributed by atoms with Gasteiger partial charge in [0.2, 0.25) is 5.95 Å². The number of nitrogens with one attached hydrogen (secondary N) is 1. The van der Waals surface area contributed by atoms with E-state index in [4.69, 9.17) is 5.73 Å². The summed E-state index contributed by atoms with van der Waals surface area (Å²) in [6.45, 7) is -0.452. The first-order valence-corrected chi connectivity index (χ1v) is 7.44. The predicted octanol–water partition coefficient (Wildman–Crippen LogP) is 1.57. The van der Waals surface area contributed by atoms with Crippen LogP contribution in [-0.4, -0.2) is 42.9 Å². The summed E-state index contributed by atoms with van der Waals surface area (Å²) in [5, 5.41) is 11.8. The van der Waals surface area contributed by atoms with Gasteiger partial charge in [0.1, 0.15) is 5.52 Å². The quantitative estimate of drug-likeness (QED) is 0.591. The van der Waals surface area contributed by atoms with Gasteiger partial charge in [-0.1, -0.05) is 0 Å². The van der Waals surface area contributed by atoms with Crippen LogP contribution in [0.3, 0.4) is 0 Å². The van der Waals surface area contributed by atoms with Crippen LogP contribution >= 0.6 is 0 Å². The number of alkyl halides is 1. The Hall–Kier alpha value is -3.23. The largest absolute Gasteiger partial charge is 0.371 e. The Morgan fingerprint density at radius 1 is 1.25 bits per heavy atom. The van der Waals surface area contributed by atoms with Crippen LogP contribution in [-0.2, 0) is 6.42 Å². The number of rotatable bonds is 4.